The summed E-state index contributed by atoms with van der Waals surface area (Å²) in [5.74, 6) is -8.19. The molecule has 0 aromatic heterocycles. The predicted octanol–water partition coefficient (Wildman–Crippen LogP) is -5.76. The molecule has 0 atom stereocenters. The van der Waals surface area contributed by atoms with E-state index in [0.717, 1.165) is 34.3 Å². The maximum atomic E-state index is 15.4. The van der Waals surface area contributed by atoms with Crippen molar-refractivity contribution in [1.82, 2.24) is 59.2 Å². The number of methoxy groups -OCH3 is 12. The van der Waals surface area contributed by atoms with Gasteiger partial charge in [-0.3, -0.25) is 57.5 Å². The predicted molar refractivity (Wildman–Crippen MR) is 478 cm³/mol. The van der Waals surface area contributed by atoms with Crippen molar-refractivity contribution in [3.63, 3.8) is 0 Å². The second-order valence-electron chi connectivity index (χ2n) is 29.1. The molecule has 0 rings (SSSR count). The zero-order chi connectivity index (χ0) is 98.4. The van der Waals surface area contributed by atoms with Gasteiger partial charge in [-0.2, -0.15) is 0 Å². The summed E-state index contributed by atoms with van der Waals surface area (Å²) in [7, 11) is 17.7. The third-order valence-corrected chi connectivity index (χ3v) is 19.0. The van der Waals surface area contributed by atoms with Crippen LogP contribution in [0.15, 0.2) is 0 Å². The molecule has 0 fully saturated rings. The number of hydrogen-bond donors (Lipinski definition) is 1. The summed E-state index contributed by atoms with van der Waals surface area (Å²) in [5, 5.41) is 2.97. The lowest BCUT2D eigenvalue weighted by Gasteiger charge is -2.33. The Bertz CT molecular complexity index is 2990. The summed E-state index contributed by atoms with van der Waals surface area (Å²) in [5.41, 5.74) is 0. The Hall–Kier alpha value is -7.16. The molecule has 776 valence electrons. The van der Waals surface area contributed by atoms with Crippen LogP contribution >= 0.6 is 0 Å². The molecule has 0 aliphatic heterocycles. The van der Waals surface area contributed by atoms with Gasteiger partial charge in [-0.25, -0.2) is 0 Å². The molecule has 0 aliphatic rings. The Morgan fingerprint density at radius 3 is 0.436 bits per heavy atom. The highest BCUT2D eigenvalue weighted by molar-refractivity contribution is 5.95. The van der Waals surface area contributed by atoms with Crippen molar-refractivity contribution in [2.45, 2.75) is 6.92 Å². The van der Waals surface area contributed by atoms with Crippen LogP contribution in [0.2, 0.25) is 0 Å². The van der Waals surface area contributed by atoms with Gasteiger partial charge in [0.15, 0.2) is 0 Å². The standard InChI is InChI=1S/C85H160N12O36/c1-74(98)63-87(20-32-122-50-56-128-44-38-116-8)76(100)65-93(21-33-123-51-57-129-45-39-117-9)82(106)70-95(23-35-125-53-59-131-47-41-119-11)84(108)72-97(25-37-127-55-61-133-49-43-121-13)85(109)73-96(24-36-126-54-60-132-48-42-120-12)83(107)71-94(22-34-124-52-58-130-46-40-118-10)81(105)69-92(19-31-115-7)80(104)68-91(18-30-114-6)79(103)67-90(17-29-113-5)78(102)66-89(16-28-112-4)77(101)64-88(15-27-111-3)75(99)62-86-14-26-110-2/h86H,14-73H2,1-13H3. The third kappa shape index (κ3) is 67.7. The molecule has 0 aromatic carbocycles. The molecule has 0 radical (unpaired) electrons. The van der Waals surface area contributed by atoms with Crippen molar-refractivity contribution >= 4 is 70.8 Å². The molecule has 0 bridgehead atoms. The second kappa shape index (κ2) is 88.8. The van der Waals surface area contributed by atoms with E-state index in [1.54, 1.807) is 7.11 Å². The fraction of sp³-hybridized carbons (Fsp3) is 0.859. The molecule has 48 heteroatoms. The van der Waals surface area contributed by atoms with Crippen molar-refractivity contribution in [3.8, 4) is 0 Å². The molecular weight excluding hydrogens is 1760 g/mol. The third-order valence-electron chi connectivity index (χ3n) is 19.0. The van der Waals surface area contributed by atoms with E-state index in [2.05, 4.69) is 5.32 Å². The van der Waals surface area contributed by atoms with Crippen molar-refractivity contribution in [3.05, 3.63) is 0 Å². The van der Waals surface area contributed by atoms with E-state index < -0.39 is 130 Å². The Morgan fingerprint density at radius 1 is 0.158 bits per heavy atom. The molecule has 0 aliphatic carbocycles. The number of amides is 11. The smallest absolute Gasteiger partial charge is 0.242 e. The van der Waals surface area contributed by atoms with Gasteiger partial charge in [-0.1, -0.05) is 0 Å². The lowest BCUT2D eigenvalue weighted by Crippen LogP contribution is -2.54. The summed E-state index contributed by atoms with van der Waals surface area (Å²) < 4.78 is 131. The zero-order valence-electron chi connectivity index (χ0n) is 81.5. The Balaban J connectivity index is 8.16. The van der Waals surface area contributed by atoms with Gasteiger partial charge in [0.25, 0.3) is 0 Å². The van der Waals surface area contributed by atoms with Crippen LogP contribution in [-0.4, -0.2) is 605 Å². The van der Waals surface area contributed by atoms with Gasteiger partial charge in [0.2, 0.25) is 65.0 Å². The minimum atomic E-state index is -0.822. The summed E-state index contributed by atoms with van der Waals surface area (Å²) >= 11 is 0. The van der Waals surface area contributed by atoms with Gasteiger partial charge in [-0.05, 0) is 6.92 Å². The quantitative estimate of drug-likeness (QED) is 0.0554. The average molecular weight is 1930 g/mol. The van der Waals surface area contributed by atoms with E-state index in [0.29, 0.717) is 66.0 Å². The SMILES string of the molecule is COCCNCC(=O)N(CCOC)CC(=O)N(CCOC)CC(=O)N(CCOC)CC(=O)N(CCOC)CC(=O)N(CCOC)CC(=O)N(CCOCCOCCOC)CC(=O)N(CCOCCOCCOC)CC(=O)N(CCOCCOCCOC)CC(=O)N(CCOCCOCCOC)CC(=O)N(CCOCCOCCOC)CC(=O)N(CCOCCOCCOC)CC(C)=O. The molecule has 0 saturated carbocycles. The van der Waals surface area contributed by atoms with Gasteiger partial charge >= 0.3 is 0 Å². The number of carbonyl (C=O) groups is 12. The summed E-state index contributed by atoms with van der Waals surface area (Å²) in [6.45, 7) is -2.99. The molecule has 1 N–H and O–H groups in total. The molecule has 0 saturated heterocycles. The molecule has 0 spiro atoms. The maximum absolute atomic E-state index is 15.4. The van der Waals surface area contributed by atoms with Crippen LogP contribution in [0.3, 0.4) is 0 Å². The Kier molecular flexibility index (Phi) is 84.0. The minimum absolute atomic E-state index is 0.00000696. The van der Waals surface area contributed by atoms with E-state index in [1.165, 1.54) is 105 Å². The molecular formula is C85H160N12O36. The van der Waals surface area contributed by atoms with E-state index in [1.807, 2.05) is 0 Å². The second-order valence-corrected chi connectivity index (χ2v) is 29.1. The number of nitrogens with one attached hydrogen (secondary N) is 1. The first-order chi connectivity index (χ1) is 64.5. The number of ketones is 1. The fourth-order valence-electron chi connectivity index (χ4n) is 11.4. The van der Waals surface area contributed by atoms with E-state index in [4.69, 9.17) is 114 Å². The molecule has 0 heterocycles. The van der Waals surface area contributed by atoms with Crippen molar-refractivity contribution in [2.24, 2.45) is 0 Å². The van der Waals surface area contributed by atoms with Gasteiger partial charge in [0.1, 0.15) is 5.78 Å². The van der Waals surface area contributed by atoms with Crippen LogP contribution < -0.4 is 5.32 Å². The van der Waals surface area contributed by atoms with Gasteiger partial charge < -0.3 is 173 Å². The van der Waals surface area contributed by atoms with Gasteiger partial charge in [0, 0.05) is 164 Å². The molecule has 48 nitrogen and oxygen atoms in total. The van der Waals surface area contributed by atoms with Gasteiger partial charge in [0.05, 0.1) is 316 Å². The number of hydrogen-bond acceptors (Lipinski definition) is 37. The molecule has 133 heavy (non-hydrogen) atoms. The van der Waals surface area contributed by atoms with Gasteiger partial charge in [-0.15, -0.1) is 0 Å². The van der Waals surface area contributed by atoms with Crippen LogP contribution in [0.5, 0.6) is 0 Å². The molecule has 0 unspecified atom stereocenters. The van der Waals surface area contributed by atoms with Crippen LogP contribution in [0.4, 0.5) is 0 Å². The fourth-order valence-corrected chi connectivity index (χ4v) is 11.4. The van der Waals surface area contributed by atoms with Crippen molar-refractivity contribution in [1.29, 1.82) is 0 Å². The number of ether oxygens (including phenoxy) is 24. The number of rotatable bonds is 96. The minimum Gasteiger partial charge on any atom is -0.383 e. The summed E-state index contributed by atoms with van der Waals surface area (Å²) in [6, 6.07) is 0. The monoisotopic (exact) mass is 1930 g/mol. The van der Waals surface area contributed by atoms with Crippen molar-refractivity contribution in [2.75, 3.05) is 480 Å². The highest BCUT2D eigenvalue weighted by atomic mass is 16.6. The highest BCUT2D eigenvalue weighted by Crippen LogP contribution is 2.11. The lowest BCUT2D eigenvalue weighted by atomic mass is 10.3. The molecule has 11 amide bonds. The number of carbonyl (C=O) groups excluding carboxylic acids is 12. The van der Waals surface area contributed by atoms with Crippen LogP contribution in [-0.2, 0) is 171 Å². The van der Waals surface area contributed by atoms with Crippen LogP contribution in [0.25, 0.3) is 0 Å². The molecule has 0 aromatic rings. The summed E-state index contributed by atoms with van der Waals surface area (Å²) in [4.78, 5) is 188. The van der Waals surface area contributed by atoms with Crippen LogP contribution in [0.1, 0.15) is 6.92 Å². The first-order valence-electron chi connectivity index (χ1n) is 44.6. The Labute approximate surface area is 785 Å². The first kappa shape index (κ1) is 126. The van der Waals surface area contributed by atoms with E-state index >= 15 is 24.0 Å². The lowest BCUT2D eigenvalue weighted by molar-refractivity contribution is -0.150. The number of nitrogens with zero attached hydrogens (tertiary/aromatic N) is 11. The normalized spacial score (nSPS) is 11.3. The summed E-state index contributed by atoms with van der Waals surface area (Å²) in [6.07, 6.45) is 0. The zero-order valence-corrected chi connectivity index (χ0v) is 81.5. The maximum Gasteiger partial charge on any atom is 0.242 e. The first-order valence-corrected chi connectivity index (χ1v) is 44.6. The van der Waals surface area contributed by atoms with E-state index in [-0.39, 0.29) is 269 Å². The number of Topliss-reactive ketones (excluding diaryl/α,β-unsaturated/α-hetero) is 1. The van der Waals surface area contributed by atoms with Crippen LogP contribution in [0, 0.1) is 0 Å². The highest BCUT2D eigenvalue weighted by Gasteiger charge is 2.34. The van der Waals surface area contributed by atoms with E-state index in [9.17, 15) is 33.6 Å². The Morgan fingerprint density at radius 2 is 0.286 bits per heavy atom. The average Bonchev–Trinajstić information content (AvgIpc) is 0.858. The van der Waals surface area contributed by atoms with Crippen molar-refractivity contribution < 1.29 is 171 Å². The largest absolute Gasteiger partial charge is 0.383 e. The topological polar surface area (TPSA) is 474 Å².